The van der Waals surface area contributed by atoms with Gasteiger partial charge in [-0.1, -0.05) is 42.0 Å². The number of esters is 1. The maximum Gasteiger partial charge on any atom is 0.351 e. The number of hydrogen-bond acceptors (Lipinski definition) is 5. The number of nitrogens with zero attached hydrogens (tertiary/aromatic N) is 1. The third-order valence-corrected chi connectivity index (χ3v) is 4.61. The van der Waals surface area contributed by atoms with Crippen LogP contribution in [0.15, 0.2) is 12.2 Å². The quantitative estimate of drug-likeness (QED) is 0.630. The van der Waals surface area contributed by atoms with Crippen molar-refractivity contribution in [2.45, 2.75) is 19.8 Å². The Labute approximate surface area is 121 Å². The van der Waals surface area contributed by atoms with Crippen LogP contribution in [0.4, 0.5) is 0 Å². The maximum atomic E-state index is 11.4. The minimum Gasteiger partial charge on any atom is -0.470 e. The van der Waals surface area contributed by atoms with Crippen LogP contribution in [-0.2, 0) is 4.74 Å². The molecule has 104 valence electrons. The Kier molecular flexibility index (Phi) is 4.82. The van der Waals surface area contributed by atoms with Crippen molar-refractivity contribution in [3.63, 3.8) is 0 Å². The van der Waals surface area contributed by atoms with E-state index in [1.54, 1.807) is 0 Å². The molecule has 1 aromatic heterocycles. The molecule has 1 aliphatic carbocycles. The molecular weight excluding hydrogens is 286 g/mol. The van der Waals surface area contributed by atoms with Gasteiger partial charge < -0.3 is 9.47 Å². The van der Waals surface area contributed by atoms with Crippen molar-refractivity contribution in [2.24, 2.45) is 11.8 Å². The molecular formula is C13H16ClNO3S. The predicted molar refractivity (Wildman–Crippen MR) is 75.0 cm³/mol. The van der Waals surface area contributed by atoms with E-state index in [1.807, 2.05) is 0 Å². The largest absolute Gasteiger partial charge is 0.470 e. The van der Waals surface area contributed by atoms with E-state index in [0.29, 0.717) is 23.6 Å². The summed E-state index contributed by atoms with van der Waals surface area (Å²) >= 11 is 7.00. The van der Waals surface area contributed by atoms with Gasteiger partial charge in [-0.25, -0.2) is 4.79 Å². The monoisotopic (exact) mass is 301 g/mol. The lowest BCUT2D eigenvalue weighted by molar-refractivity contribution is 0.0606. The van der Waals surface area contributed by atoms with Gasteiger partial charge in [0, 0.05) is 0 Å². The highest BCUT2D eigenvalue weighted by molar-refractivity contribution is 7.15. The molecule has 0 aromatic carbocycles. The Bertz CT molecular complexity index is 486. The molecule has 2 unspecified atom stereocenters. The second-order valence-electron chi connectivity index (χ2n) is 4.58. The molecule has 0 saturated carbocycles. The van der Waals surface area contributed by atoms with Crippen molar-refractivity contribution in [1.82, 2.24) is 4.98 Å². The van der Waals surface area contributed by atoms with E-state index >= 15 is 0 Å². The van der Waals surface area contributed by atoms with Gasteiger partial charge >= 0.3 is 5.97 Å². The molecule has 0 radical (unpaired) electrons. The van der Waals surface area contributed by atoms with Crippen molar-refractivity contribution in [1.29, 1.82) is 0 Å². The molecule has 4 nitrogen and oxygen atoms in total. The van der Waals surface area contributed by atoms with Gasteiger partial charge in [-0.05, 0) is 24.7 Å². The molecule has 0 bridgehead atoms. The fourth-order valence-electron chi connectivity index (χ4n) is 1.98. The number of methoxy groups -OCH3 is 1. The lowest BCUT2D eigenvalue weighted by atomic mass is 9.85. The summed E-state index contributed by atoms with van der Waals surface area (Å²) in [5.74, 6) is 0.598. The number of carbonyl (C=O) groups excluding carboxylic acids is 1. The minimum atomic E-state index is -0.480. The number of halogens is 1. The SMILES string of the molecule is COC(=O)c1sc(OCC2CC=CCC2C)nc1Cl. The second kappa shape index (κ2) is 6.39. The number of aromatic nitrogens is 1. The summed E-state index contributed by atoms with van der Waals surface area (Å²) in [6, 6.07) is 0. The Morgan fingerprint density at radius 3 is 2.95 bits per heavy atom. The Morgan fingerprint density at radius 1 is 1.53 bits per heavy atom. The van der Waals surface area contributed by atoms with Crippen LogP contribution in [0.1, 0.15) is 29.4 Å². The number of rotatable bonds is 4. The van der Waals surface area contributed by atoms with E-state index in [-0.39, 0.29) is 10.0 Å². The van der Waals surface area contributed by atoms with E-state index in [9.17, 15) is 4.79 Å². The summed E-state index contributed by atoms with van der Waals surface area (Å²) in [6.45, 7) is 2.81. The highest BCUT2D eigenvalue weighted by Gasteiger charge is 2.22. The molecule has 0 spiro atoms. The molecule has 2 rings (SSSR count). The highest BCUT2D eigenvalue weighted by Crippen LogP contribution is 2.31. The van der Waals surface area contributed by atoms with Gasteiger partial charge in [0.05, 0.1) is 13.7 Å². The van der Waals surface area contributed by atoms with Crippen molar-refractivity contribution in [3.05, 3.63) is 22.2 Å². The van der Waals surface area contributed by atoms with Crippen LogP contribution in [0.5, 0.6) is 5.19 Å². The lowest BCUT2D eigenvalue weighted by Gasteiger charge is -2.24. The first kappa shape index (κ1) is 14.3. The van der Waals surface area contributed by atoms with Gasteiger partial charge in [0.1, 0.15) is 0 Å². The van der Waals surface area contributed by atoms with Crippen molar-refractivity contribution < 1.29 is 14.3 Å². The fourth-order valence-corrected chi connectivity index (χ4v) is 3.04. The fraction of sp³-hybridized carbons (Fsp3) is 0.538. The zero-order valence-electron chi connectivity index (χ0n) is 10.9. The van der Waals surface area contributed by atoms with Crippen molar-refractivity contribution >= 4 is 28.9 Å². The standard InChI is InChI=1S/C13H16ClNO3S/c1-8-5-3-4-6-9(8)7-18-13-15-11(14)10(19-13)12(16)17-2/h3-4,8-9H,5-7H2,1-2H3. The minimum absolute atomic E-state index is 0.142. The highest BCUT2D eigenvalue weighted by atomic mass is 35.5. The molecule has 19 heavy (non-hydrogen) atoms. The van der Waals surface area contributed by atoms with Crippen molar-refractivity contribution in [2.75, 3.05) is 13.7 Å². The second-order valence-corrected chi connectivity index (χ2v) is 5.90. The molecule has 1 heterocycles. The summed E-state index contributed by atoms with van der Waals surface area (Å²) < 4.78 is 10.3. The number of ether oxygens (including phenoxy) is 2. The van der Waals surface area contributed by atoms with Gasteiger partial charge in [0.15, 0.2) is 10.0 Å². The van der Waals surface area contributed by atoms with E-state index < -0.39 is 5.97 Å². The first-order valence-electron chi connectivity index (χ1n) is 6.14. The third kappa shape index (κ3) is 3.48. The molecule has 0 saturated heterocycles. The molecule has 0 fully saturated rings. The molecule has 2 atom stereocenters. The Morgan fingerprint density at radius 2 is 2.26 bits per heavy atom. The first-order valence-corrected chi connectivity index (χ1v) is 7.33. The summed E-state index contributed by atoms with van der Waals surface area (Å²) in [4.78, 5) is 15.7. The number of thiazole rings is 1. The van der Waals surface area contributed by atoms with E-state index in [1.165, 1.54) is 7.11 Å². The van der Waals surface area contributed by atoms with Gasteiger partial charge in [-0.15, -0.1) is 0 Å². The van der Waals surface area contributed by atoms with Crippen LogP contribution < -0.4 is 4.74 Å². The number of allylic oxidation sites excluding steroid dienone is 2. The Balaban J connectivity index is 1.96. The number of hydrogen-bond donors (Lipinski definition) is 0. The zero-order chi connectivity index (χ0) is 13.8. The van der Waals surface area contributed by atoms with E-state index in [2.05, 4.69) is 28.8 Å². The van der Waals surface area contributed by atoms with E-state index in [0.717, 1.165) is 24.2 Å². The maximum absolute atomic E-state index is 11.4. The number of carbonyl (C=O) groups is 1. The molecule has 0 aliphatic heterocycles. The summed E-state index contributed by atoms with van der Waals surface area (Å²) in [7, 11) is 1.31. The summed E-state index contributed by atoms with van der Waals surface area (Å²) in [5.41, 5.74) is 0. The summed E-state index contributed by atoms with van der Waals surface area (Å²) in [5, 5.41) is 0.565. The molecule has 0 amide bonds. The molecule has 1 aromatic rings. The van der Waals surface area contributed by atoms with Crippen LogP contribution >= 0.6 is 22.9 Å². The van der Waals surface area contributed by atoms with Crippen LogP contribution in [0, 0.1) is 11.8 Å². The van der Waals surface area contributed by atoms with Gasteiger partial charge in [0.2, 0.25) is 0 Å². The molecule has 1 aliphatic rings. The zero-order valence-corrected chi connectivity index (χ0v) is 12.5. The summed E-state index contributed by atoms with van der Waals surface area (Å²) in [6.07, 6.45) is 6.49. The lowest BCUT2D eigenvalue weighted by Crippen LogP contribution is -2.21. The van der Waals surface area contributed by atoms with Crippen LogP contribution in [0.2, 0.25) is 5.15 Å². The van der Waals surface area contributed by atoms with Crippen LogP contribution in [0.25, 0.3) is 0 Å². The normalized spacial score (nSPS) is 22.3. The molecule has 0 N–H and O–H groups in total. The van der Waals surface area contributed by atoms with Crippen LogP contribution in [0.3, 0.4) is 0 Å². The third-order valence-electron chi connectivity index (χ3n) is 3.28. The Hall–Kier alpha value is -1.07. The average molecular weight is 302 g/mol. The van der Waals surface area contributed by atoms with Gasteiger partial charge in [-0.3, -0.25) is 0 Å². The van der Waals surface area contributed by atoms with Crippen molar-refractivity contribution in [3.8, 4) is 5.19 Å². The smallest absolute Gasteiger partial charge is 0.351 e. The van der Waals surface area contributed by atoms with E-state index in [4.69, 9.17) is 16.3 Å². The average Bonchev–Trinajstić information content (AvgIpc) is 2.78. The topological polar surface area (TPSA) is 48.4 Å². The first-order chi connectivity index (χ1) is 9.11. The van der Waals surface area contributed by atoms with Gasteiger partial charge in [-0.2, -0.15) is 4.98 Å². The predicted octanol–water partition coefficient (Wildman–Crippen LogP) is 3.56. The molecule has 6 heteroatoms. The van der Waals surface area contributed by atoms with Crippen LogP contribution in [-0.4, -0.2) is 24.7 Å². The van der Waals surface area contributed by atoms with Gasteiger partial charge in [0.25, 0.3) is 5.19 Å².